The highest BCUT2D eigenvalue weighted by Gasteiger charge is 2.12. The molecule has 1 rings (SSSR count). The molecule has 0 nitrogen and oxygen atoms in total. The average molecular weight is 232 g/mol. The van der Waals surface area contributed by atoms with E-state index in [1.54, 1.807) is 5.57 Å². The van der Waals surface area contributed by atoms with E-state index in [1.165, 1.54) is 24.4 Å². The van der Waals surface area contributed by atoms with Gasteiger partial charge in [-0.3, -0.25) is 0 Å². The van der Waals surface area contributed by atoms with Gasteiger partial charge in [0.1, 0.15) is 0 Å². The molecule has 88 valence electrons. The monoisotopic (exact) mass is 232 g/mol. The summed E-state index contributed by atoms with van der Waals surface area (Å²) in [6, 6.07) is 12.1. The maximum Gasteiger partial charge on any atom is 0.0483 e. The van der Waals surface area contributed by atoms with Crippen LogP contribution in [-0.4, -0.2) is 8.07 Å². The smallest absolute Gasteiger partial charge is 0.0483 e. The van der Waals surface area contributed by atoms with Crippen LogP contribution in [0.25, 0.3) is 0 Å². The molecule has 0 bridgehead atoms. The van der Waals surface area contributed by atoms with Crippen molar-refractivity contribution in [3.8, 4) is 0 Å². The van der Waals surface area contributed by atoms with Crippen molar-refractivity contribution in [2.45, 2.75) is 45.5 Å². The SMILES string of the molecule is C/C(=C\CCc1ccccc1)C[Si](C)(C)C. The lowest BCUT2D eigenvalue weighted by molar-refractivity contribution is 0.987. The Balaban J connectivity index is 2.37. The maximum absolute atomic E-state index is 2.43. The molecular weight excluding hydrogens is 208 g/mol. The van der Waals surface area contributed by atoms with Gasteiger partial charge in [0.15, 0.2) is 0 Å². The average Bonchev–Trinajstić information content (AvgIpc) is 2.16. The van der Waals surface area contributed by atoms with Crippen LogP contribution in [0.3, 0.4) is 0 Å². The van der Waals surface area contributed by atoms with Crippen LogP contribution in [-0.2, 0) is 6.42 Å². The summed E-state index contributed by atoms with van der Waals surface area (Å²) in [5.74, 6) is 0. The van der Waals surface area contributed by atoms with E-state index >= 15 is 0 Å². The molecule has 1 aromatic rings. The Morgan fingerprint density at radius 1 is 1.12 bits per heavy atom. The number of aryl methyl sites for hydroxylation is 1. The highest BCUT2D eigenvalue weighted by molar-refractivity contribution is 6.76. The minimum Gasteiger partial charge on any atom is -0.0856 e. The predicted molar refractivity (Wildman–Crippen MR) is 76.7 cm³/mol. The van der Waals surface area contributed by atoms with Crippen LogP contribution >= 0.6 is 0 Å². The molecule has 1 aromatic carbocycles. The fourth-order valence-corrected chi connectivity index (χ4v) is 3.86. The van der Waals surface area contributed by atoms with Gasteiger partial charge in [0, 0.05) is 8.07 Å². The summed E-state index contributed by atoms with van der Waals surface area (Å²) in [6.07, 6.45) is 4.77. The van der Waals surface area contributed by atoms with E-state index < -0.39 is 8.07 Å². The summed E-state index contributed by atoms with van der Waals surface area (Å²) in [5, 5.41) is 0. The molecule has 0 fully saturated rings. The van der Waals surface area contributed by atoms with Gasteiger partial charge in [-0.25, -0.2) is 0 Å². The van der Waals surface area contributed by atoms with Crippen molar-refractivity contribution in [3.05, 3.63) is 47.5 Å². The molecule has 0 saturated heterocycles. The molecule has 0 spiro atoms. The van der Waals surface area contributed by atoms with E-state index in [-0.39, 0.29) is 0 Å². The van der Waals surface area contributed by atoms with E-state index in [9.17, 15) is 0 Å². The summed E-state index contributed by atoms with van der Waals surface area (Å²) >= 11 is 0. The van der Waals surface area contributed by atoms with Gasteiger partial charge in [-0.1, -0.05) is 61.6 Å². The molecule has 1 heteroatoms. The number of hydrogen-bond acceptors (Lipinski definition) is 0. The molecule has 0 amide bonds. The normalized spacial score (nSPS) is 12.9. The Labute approximate surface area is 101 Å². The molecule has 0 aliphatic heterocycles. The molecule has 0 unspecified atom stereocenters. The summed E-state index contributed by atoms with van der Waals surface area (Å²) < 4.78 is 0. The Bertz CT molecular complexity index is 330. The summed E-state index contributed by atoms with van der Waals surface area (Å²) in [5.41, 5.74) is 3.02. The molecule has 0 aromatic heterocycles. The van der Waals surface area contributed by atoms with E-state index in [1.807, 2.05) is 0 Å². The molecular formula is C15H24Si. The number of benzene rings is 1. The highest BCUT2D eigenvalue weighted by atomic mass is 28.3. The van der Waals surface area contributed by atoms with Crippen LogP contribution in [0.15, 0.2) is 42.0 Å². The molecule has 0 aliphatic rings. The Morgan fingerprint density at radius 2 is 1.75 bits per heavy atom. The third kappa shape index (κ3) is 5.91. The molecule has 0 atom stereocenters. The first-order valence-corrected chi connectivity index (χ1v) is 9.88. The van der Waals surface area contributed by atoms with Crippen molar-refractivity contribution >= 4 is 8.07 Å². The Morgan fingerprint density at radius 3 is 2.31 bits per heavy atom. The van der Waals surface area contributed by atoms with E-state index in [2.05, 4.69) is 63.0 Å². The van der Waals surface area contributed by atoms with Gasteiger partial charge in [-0.2, -0.15) is 0 Å². The van der Waals surface area contributed by atoms with Crippen molar-refractivity contribution < 1.29 is 0 Å². The van der Waals surface area contributed by atoms with Crippen molar-refractivity contribution in [1.82, 2.24) is 0 Å². The highest BCUT2D eigenvalue weighted by Crippen LogP contribution is 2.16. The number of hydrogen-bond donors (Lipinski definition) is 0. The first-order valence-electron chi connectivity index (χ1n) is 6.17. The third-order valence-electron chi connectivity index (χ3n) is 2.58. The zero-order valence-electron chi connectivity index (χ0n) is 11.1. The summed E-state index contributed by atoms with van der Waals surface area (Å²) in [6.45, 7) is 9.58. The predicted octanol–water partition coefficient (Wildman–Crippen LogP) is 4.90. The second kappa shape index (κ2) is 6.05. The first-order chi connectivity index (χ1) is 7.47. The third-order valence-corrected chi connectivity index (χ3v) is 4.20. The second-order valence-corrected chi connectivity index (χ2v) is 11.3. The van der Waals surface area contributed by atoms with Crippen LogP contribution in [0.5, 0.6) is 0 Å². The molecule has 0 N–H and O–H groups in total. The van der Waals surface area contributed by atoms with Gasteiger partial charge in [-0.15, -0.1) is 0 Å². The van der Waals surface area contributed by atoms with E-state index in [4.69, 9.17) is 0 Å². The number of rotatable bonds is 5. The lowest BCUT2D eigenvalue weighted by atomic mass is 10.1. The van der Waals surface area contributed by atoms with Crippen LogP contribution in [0, 0.1) is 0 Å². The fourth-order valence-electron chi connectivity index (χ4n) is 2.04. The minimum atomic E-state index is -0.918. The molecule has 16 heavy (non-hydrogen) atoms. The Kier molecular flexibility index (Phi) is 5.00. The topological polar surface area (TPSA) is 0 Å². The van der Waals surface area contributed by atoms with Crippen molar-refractivity contribution in [2.24, 2.45) is 0 Å². The van der Waals surface area contributed by atoms with Gasteiger partial charge in [-0.05, 0) is 31.4 Å². The standard InChI is InChI=1S/C15H24Si/c1-14(13-16(2,3)4)9-8-12-15-10-6-5-7-11-15/h5-7,9-11H,8,12-13H2,1-4H3/b14-9+. The van der Waals surface area contributed by atoms with Gasteiger partial charge >= 0.3 is 0 Å². The molecule has 0 heterocycles. The van der Waals surface area contributed by atoms with Gasteiger partial charge < -0.3 is 0 Å². The zero-order valence-corrected chi connectivity index (χ0v) is 12.1. The van der Waals surface area contributed by atoms with Crippen molar-refractivity contribution in [1.29, 1.82) is 0 Å². The Hall–Kier alpha value is -0.823. The lowest BCUT2D eigenvalue weighted by Crippen LogP contribution is -2.19. The maximum atomic E-state index is 2.43. The molecule has 0 radical (unpaired) electrons. The molecule has 0 aliphatic carbocycles. The van der Waals surface area contributed by atoms with Crippen LogP contribution in [0.2, 0.25) is 25.7 Å². The van der Waals surface area contributed by atoms with E-state index in [0.717, 1.165) is 0 Å². The van der Waals surface area contributed by atoms with Crippen molar-refractivity contribution in [3.63, 3.8) is 0 Å². The summed E-state index contributed by atoms with van der Waals surface area (Å²) in [7, 11) is -0.918. The molecule has 0 saturated carbocycles. The number of allylic oxidation sites excluding steroid dienone is 2. The largest absolute Gasteiger partial charge is 0.0856 e. The van der Waals surface area contributed by atoms with E-state index in [0.29, 0.717) is 0 Å². The fraction of sp³-hybridized carbons (Fsp3) is 0.467. The quantitative estimate of drug-likeness (QED) is 0.500. The zero-order chi connectivity index (χ0) is 12.0. The summed E-state index contributed by atoms with van der Waals surface area (Å²) in [4.78, 5) is 0. The lowest BCUT2D eigenvalue weighted by Gasteiger charge is -2.15. The van der Waals surface area contributed by atoms with Crippen LogP contribution in [0.1, 0.15) is 18.9 Å². The van der Waals surface area contributed by atoms with Crippen LogP contribution < -0.4 is 0 Å². The van der Waals surface area contributed by atoms with Crippen molar-refractivity contribution in [2.75, 3.05) is 0 Å². The minimum absolute atomic E-state index is 0.918. The van der Waals surface area contributed by atoms with Crippen LogP contribution in [0.4, 0.5) is 0 Å². The van der Waals surface area contributed by atoms with Gasteiger partial charge in [0.2, 0.25) is 0 Å². The first kappa shape index (κ1) is 13.2. The van der Waals surface area contributed by atoms with Gasteiger partial charge in [0.05, 0.1) is 0 Å². The van der Waals surface area contributed by atoms with Gasteiger partial charge in [0.25, 0.3) is 0 Å². The second-order valence-electron chi connectivity index (χ2n) is 5.81.